The summed E-state index contributed by atoms with van der Waals surface area (Å²) in [5, 5.41) is 7.45. The van der Waals surface area contributed by atoms with Crippen molar-refractivity contribution in [2.45, 2.75) is 32.6 Å². The quantitative estimate of drug-likeness (QED) is 0.734. The molecule has 5 heteroatoms. The van der Waals surface area contributed by atoms with Gasteiger partial charge in [0.05, 0.1) is 17.5 Å². The van der Waals surface area contributed by atoms with E-state index in [2.05, 4.69) is 48.3 Å². The Labute approximate surface area is 154 Å². The topological polar surface area (TPSA) is 59.8 Å². The molecule has 1 atom stereocenters. The number of pyridine rings is 1. The van der Waals surface area contributed by atoms with Crippen molar-refractivity contribution in [3.63, 3.8) is 0 Å². The van der Waals surface area contributed by atoms with Gasteiger partial charge in [0.25, 0.3) is 5.91 Å². The first-order chi connectivity index (χ1) is 12.6. The predicted molar refractivity (Wildman–Crippen MR) is 103 cm³/mol. The first-order valence-electron chi connectivity index (χ1n) is 8.90. The number of carbonyl (C=O) groups is 1. The van der Waals surface area contributed by atoms with Crippen LogP contribution in [-0.2, 0) is 0 Å². The largest absolute Gasteiger partial charge is 0.351 e. The minimum atomic E-state index is -0.0985. The molecule has 0 radical (unpaired) electrons. The third-order valence-corrected chi connectivity index (χ3v) is 4.40. The van der Waals surface area contributed by atoms with E-state index in [0.717, 1.165) is 5.69 Å². The van der Waals surface area contributed by atoms with Crippen molar-refractivity contribution in [2.75, 3.05) is 6.54 Å². The lowest BCUT2D eigenvalue weighted by Crippen LogP contribution is -2.28. The number of carbonyl (C=O) groups excluding carboxylic acids is 1. The molecule has 3 aromatic rings. The van der Waals surface area contributed by atoms with Crippen molar-refractivity contribution in [3.8, 4) is 5.82 Å². The summed E-state index contributed by atoms with van der Waals surface area (Å²) in [6.45, 7) is 6.80. The summed E-state index contributed by atoms with van der Waals surface area (Å²) in [6.07, 6.45) is 3.36. The number of hydrogen-bond donors (Lipinski definition) is 1. The molecule has 0 saturated carbocycles. The van der Waals surface area contributed by atoms with Gasteiger partial charge in [0, 0.05) is 12.7 Å². The van der Waals surface area contributed by atoms with Crippen LogP contribution in [0.1, 0.15) is 54.2 Å². The Balaban J connectivity index is 1.78. The summed E-state index contributed by atoms with van der Waals surface area (Å²) in [7, 11) is 0. The maximum atomic E-state index is 12.8. The zero-order valence-corrected chi connectivity index (χ0v) is 15.4. The molecular formula is C21H24N4O. The van der Waals surface area contributed by atoms with Crippen LogP contribution in [-0.4, -0.2) is 27.2 Å². The SMILES string of the molecule is CC(C)c1c(C(=O)NCC(C)c2ccccc2)cnn1-c1ccccn1. The van der Waals surface area contributed by atoms with Crippen LogP contribution < -0.4 is 5.32 Å². The third kappa shape index (κ3) is 3.82. The Morgan fingerprint density at radius 2 is 1.81 bits per heavy atom. The van der Waals surface area contributed by atoms with Crippen LogP contribution in [0.3, 0.4) is 0 Å². The summed E-state index contributed by atoms with van der Waals surface area (Å²) < 4.78 is 1.75. The summed E-state index contributed by atoms with van der Waals surface area (Å²) >= 11 is 0. The summed E-state index contributed by atoms with van der Waals surface area (Å²) in [6, 6.07) is 15.8. The zero-order chi connectivity index (χ0) is 18.5. The van der Waals surface area contributed by atoms with E-state index in [1.54, 1.807) is 17.1 Å². The monoisotopic (exact) mass is 348 g/mol. The summed E-state index contributed by atoms with van der Waals surface area (Å²) in [5.74, 6) is 1.01. The molecule has 0 aliphatic rings. The smallest absolute Gasteiger partial charge is 0.254 e. The molecule has 2 heterocycles. The van der Waals surface area contributed by atoms with Crippen molar-refractivity contribution >= 4 is 5.91 Å². The minimum absolute atomic E-state index is 0.0985. The lowest BCUT2D eigenvalue weighted by atomic mass is 10.0. The van der Waals surface area contributed by atoms with Crippen molar-refractivity contribution in [3.05, 3.63) is 77.7 Å². The number of benzene rings is 1. The highest BCUT2D eigenvalue weighted by Gasteiger charge is 2.21. The van der Waals surface area contributed by atoms with Crippen molar-refractivity contribution < 1.29 is 4.79 Å². The molecular weight excluding hydrogens is 324 g/mol. The summed E-state index contributed by atoms with van der Waals surface area (Å²) in [4.78, 5) is 17.1. The Bertz CT molecular complexity index is 856. The minimum Gasteiger partial charge on any atom is -0.351 e. The number of nitrogens with one attached hydrogen (secondary N) is 1. The van der Waals surface area contributed by atoms with Gasteiger partial charge in [-0.3, -0.25) is 4.79 Å². The second-order valence-corrected chi connectivity index (χ2v) is 6.72. The molecule has 0 saturated heterocycles. The fourth-order valence-electron chi connectivity index (χ4n) is 2.99. The molecule has 1 unspecified atom stereocenters. The Morgan fingerprint density at radius 3 is 2.46 bits per heavy atom. The van der Waals surface area contributed by atoms with E-state index in [9.17, 15) is 4.79 Å². The van der Waals surface area contributed by atoms with Gasteiger partial charge in [-0.15, -0.1) is 0 Å². The van der Waals surface area contributed by atoms with E-state index in [0.29, 0.717) is 17.9 Å². The zero-order valence-electron chi connectivity index (χ0n) is 15.4. The third-order valence-electron chi connectivity index (χ3n) is 4.40. The molecule has 0 aliphatic heterocycles. The number of amides is 1. The van der Waals surface area contributed by atoms with Crippen LogP contribution in [0.5, 0.6) is 0 Å². The van der Waals surface area contributed by atoms with Gasteiger partial charge in [0.15, 0.2) is 5.82 Å². The summed E-state index contributed by atoms with van der Waals surface area (Å²) in [5.41, 5.74) is 2.68. The van der Waals surface area contributed by atoms with Crippen LogP contribution in [0.4, 0.5) is 0 Å². The molecule has 5 nitrogen and oxygen atoms in total. The van der Waals surface area contributed by atoms with Crippen LogP contribution in [0.2, 0.25) is 0 Å². The maximum Gasteiger partial charge on any atom is 0.254 e. The lowest BCUT2D eigenvalue weighted by Gasteiger charge is -2.15. The average Bonchev–Trinajstić information content (AvgIpc) is 3.13. The fraction of sp³-hybridized carbons (Fsp3) is 0.286. The molecule has 26 heavy (non-hydrogen) atoms. The van der Waals surface area contributed by atoms with Gasteiger partial charge in [-0.1, -0.05) is 57.2 Å². The van der Waals surface area contributed by atoms with Crippen molar-refractivity contribution in [2.24, 2.45) is 0 Å². The van der Waals surface area contributed by atoms with E-state index in [-0.39, 0.29) is 17.7 Å². The van der Waals surface area contributed by atoms with Crippen LogP contribution in [0, 0.1) is 0 Å². The van der Waals surface area contributed by atoms with Gasteiger partial charge in [0.2, 0.25) is 0 Å². The Kier molecular flexibility index (Phi) is 5.46. The molecule has 0 aliphatic carbocycles. The second kappa shape index (κ2) is 7.95. The average molecular weight is 348 g/mol. The standard InChI is InChI=1S/C21H24N4O/c1-15(2)20-18(14-24-25(20)19-11-7-8-12-22-19)21(26)23-13-16(3)17-9-5-4-6-10-17/h4-12,14-16H,13H2,1-3H3,(H,23,26). The Hall–Kier alpha value is -2.95. The first-order valence-corrected chi connectivity index (χ1v) is 8.90. The highest BCUT2D eigenvalue weighted by molar-refractivity contribution is 5.95. The highest BCUT2D eigenvalue weighted by atomic mass is 16.1. The van der Waals surface area contributed by atoms with Gasteiger partial charge in [-0.05, 0) is 29.5 Å². The molecule has 2 aromatic heterocycles. The second-order valence-electron chi connectivity index (χ2n) is 6.72. The van der Waals surface area contributed by atoms with Gasteiger partial charge in [-0.25, -0.2) is 9.67 Å². The van der Waals surface area contributed by atoms with Crippen LogP contribution in [0.15, 0.2) is 60.9 Å². The predicted octanol–water partition coefficient (Wildman–Crippen LogP) is 3.92. The van der Waals surface area contributed by atoms with Crippen LogP contribution >= 0.6 is 0 Å². The molecule has 0 spiro atoms. The maximum absolute atomic E-state index is 12.8. The molecule has 1 N–H and O–H groups in total. The lowest BCUT2D eigenvalue weighted by molar-refractivity contribution is 0.0950. The molecule has 0 fully saturated rings. The number of rotatable bonds is 6. The first kappa shape index (κ1) is 17.9. The molecule has 1 aromatic carbocycles. The van der Waals surface area contributed by atoms with Crippen molar-refractivity contribution in [1.82, 2.24) is 20.1 Å². The van der Waals surface area contributed by atoms with E-state index in [1.165, 1.54) is 5.56 Å². The molecule has 1 amide bonds. The number of hydrogen-bond acceptors (Lipinski definition) is 3. The molecule has 0 bridgehead atoms. The van der Waals surface area contributed by atoms with Gasteiger partial charge in [-0.2, -0.15) is 5.10 Å². The van der Waals surface area contributed by atoms with E-state index >= 15 is 0 Å². The van der Waals surface area contributed by atoms with Gasteiger partial charge < -0.3 is 5.32 Å². The van der Waals surface area contributed by atoms with E-state index in [4.69, 9.17) is 0 Å². The van der Waals surface area contributed by atoms with Crippen LogP contribution in [0.25, 0.3) is 5.82 Å². The van der Waals surface area contributed by atoms with E-state index in [1.807, 2.05) is 36.4 Å². The molecule has 134 valence electrons. The normalized spacial score (nSPS) is 12.2. The fourth-order valence-corrected chi connectivity index (χ4v) is 2.99. The van der Waals surface area contributed by atoms with Gasteiger partial charge in [0.1, 0.15) is 0 Å². The van der Waals surface area contributed by atoms with E-state index < -0.39 is 0 Å². The highest BCUT2D eigenvalue weighted by Crippen LogP contribution is 2.22. The Morgan fingerprint density at radius 1 is 1.08 bits per heavy atom. The van der Waals surface area contributed by atoms with Crippen molar-refractivity contribution in [1.29, 1.82) is 0 Å². The van der Waals surface area contributed by atoms with Gasteiger partial charge >= 0.3 is 0 Å². The number of nitrogens with zero attached hydrogens (tertiary/aromatic N) is 3. The number of aromatic nitrogens is 3. The molecule has 3 rings (SSSR count).